The number of carbonyl (C=O) groups excluding carboxylic acids is 2. The number of rotatable bonds is 0. The molecule has 2 aromatic rings. The predicted octanol–water partition coefficient (Wildman–Crippen LogP) is 2.60. The molecule has 0 saturated heterocycles. The highest BCUT2D eigenvalue weighted by atomic mass is 16.3. The minimum absolute atomic E-state index is 0.0193. The molecular weight excluding hydrogens is 280 g/mol. The van der Waals surface area contributed by atoms with Crippen LogP contribution in [0.25, 0.3) is 0 Å². The van der Waals surface area contributed by atoms with E-state index in [0.29, 0.717) is 11.1 Å². The first-order valence-corrected chi connectivity index (χ1v) is 7.32. The summed E-state index contributed by atoms with van der Waals surface area (Å²) in [5.41, 5.74) is 2.86. The monoisotopic (exact) mass is 292 g/mol. The molecule has 2 N–H and O–H groups in total. The van der Waals surface area contributed by atoms with Crippen LogP contribution in [0.5, 0.6) is 11.5 Å². The van der Waals surface area contributed by atoms with Gasteiger partial charge in [0.15, 0.2) is 11.6 Å². The Bertz CT molecular complexity index is 801. The van der Waals surface area contributed by atoms with Gasteiger partial charge in [-0.15, -0.1) is 0 Å². The summed E-state index contributed by atoms with van der Waals surface area (Å²) in [5, 5.41) is 19.2. The lowest BCUT2D eigenvalue weighted by molar-refractivity contribution is 0.0596. The molecule has 0 heterocycles. The Kier molecular flexibility index (Phi) is 1.95. The largest absolute Gasteiger partial charge is 0.508 e. The fourth-order valence-electron chi connectivity index (χ4n) is 4.63. The number of phenols is 2. The third kappa shape index (κ3) is 1.16. The van der Waals surface area contributed by atoms with Gasteiger partial charge in [-0.2, -0.15) is 0 Å². The number of hydrogen-bond donors (Lipinski definition) is 2. The van der Waals surface area contributed by atoms with Crippen molar-refractivity contribution in [3.63, 3.8) is 0 Å². The van der Waals surface area contributed by atoms with Crippen LogP contribution < -0.4 is 0 Å². The molecule has 1 saturated carbocycles. The van der Waals surface area contributed by atoms with Crippen molar-refractivity contribution in [2.24, 2.45) is 11.8 Å². The number of phenolic OH excluding ortho intramolecular Hbond substituents is 2. The van der Waals surface area contributed by atoms with E-state index in [2.05, 4.69) is 0 Å². The molecule has 22 heavy (non-hydrogen) atoms. The summed E-state index contributed by atoms with van der Waals surface area (Å²) >= 11 is 0. The van der Waals surface area contributed by atoms with E-state index in [-0.39, 0.29) is 46.7 Å². The van der Waals surface area contributed by atoms with Crippen molar-refractivity contribution < 1.29 is 19.8 Å². The van der Waals surface area contributed by atoms with E-state index in [1.54, 1.807) is 24.3 Å². The summed E-state index contributed by atoms with van der Waals surface area (Å²) in [7, 11) is 0. The van der Waals surface area contributed by atoms with Crippen molar-refractivity contribution in [3.05, 3.63) is 58.7 Å². The van der Waals surface area contributed by atoms with Gasteiger partial charge in [-0.25, -0.2) is 0 Å². The van der Waals surface area contributed by atoms with E-state index >= 15 is 0 Å². The Morgan fingerprint density at radius 3 is 1.45 bits per heavy atom. The maximum atomic E-state index is 12.7. The van der Waals surface area contributed by atoms with Gasteiger partial charge in [0.05, 0.1) is 0 Å². The van der Waals surface area contributed by atoms with Gasteiger partial charge in [0, 0.05) is 34.8 Å². The summed E-state index contributed by atoms with van der Waals surface area (Å²) in [4.78, 5) is 25.3. The molecule has 4 nitrogen and oxygen atoms in total. The zero-order valence-electron chi connectivity index (χ0n) is 11.5. The maximum Gasteiger partial charge on any atom is 0.167 e. The Morgan fingerprint density at radius 2 is 1.05 bits per heavy atom. The number of ketones is 2. The molecule has 0 aromatic heterocycles. The number of fused-ring (bicyclic) bond motifs is 8. The van der Waals surface area contributed by atoms with Gasteiger partial charge in [-0.1, -0.05) is 12.1 Å². The number of benzene rings is 2. The molecule has 4 heteroatoms. The molecule has 108 valence electrons. The summed E-state index contributed by atoms with van der Waals surface area (Å²) in [6.45, 7) is 0. The lowest BCUT2D eigenvalue weighted by Gasteiger charge is -2.43. The Balaban J connectivity index is 1.68. The lowest BCUT2D eigenvalue weighted by Crippen LogP contribution is -2.43. The van der Waals surface area contributed by atoms with Crippen LogP contribution in [0.1, 0.15) is 43.7 Å². The first kappa shape index (κ1) is 12.0. The fraction of sp³-hybridized carbons (Fsp3) is 0.222. The predicted molar refractivity (Wildman–Crippen MR) is 77.3 cm³/mol. The molecule has 3 aliphatic carbocycles. The van der Waals surface area contributed by atoms with Crippen molar-refractivity contribution >= 4 is 11.6 Å². The molecule has 5 rings (SSSR count). The molecule has 0 atom stereocenters. The molecule has 2 aromatic carbocycles. The van der Waals surface area contributed by atoms with Crippen molar-refractivity contribution in [2.45, 2.75) is 11.8 Å². The normalized spacial score (nSPS) is 30.4. The Labute approximate surface area is 126 Å². The first-order chi connectivity index (χ1) is 10.6. The third-order valence-corrected chi connectivity index (χ3v) is 5.48. The molecule has 1 fully saturated rings. The van der Waals surface area contributed by atoms with Crippen molar-refractivity contribution in [2.75, 3.05) is 0 Å². The molecule has 3 aliphatic rings. The summed E-state index contributed by atoms with van der Waals surface area (Å²) < 4.78 is 0. The van der Waals surface area contributed by atoms with Crippen LogP contribution in [0.15, 0.2) is 36.4 Å². The fourth-order valence-corrected chi connectivity index (χ4v) is 4.63. The van der Waals surface area contributed by atoms with Crippen molar-refractivity contribution in [1.82, 2.24) is 0 Å². The highest BCUT2D eigenvalue weighted by Gasteiger charge is 2.65. The molecule has 0 amide bonds. The van der Waals surface area contributed by atoms with Crippen LogP contribution in [0, 0.1) is 11.8 Å². The van der Waals surface area contributed by atoms with Gasteiger partial charge in [0.2, 0.25) is 0 Å². The molecule has 0 bridgehead atoms. The second-order valence-corrected chi connectivity index (χ2v) is 6.37. The smallest absolute Gasteiger partial charge is 0.167 e. The van der Waals surface area contributed by atoms with Crippen molar-refractivity contribution in [1.29, 1.82) is 0 Å². The number of hydrogen-bond acceptors (Lipinski definition) is 4. The number of Topliss-reactive ketones (excluding diaryl/α,β-unsaturated/α-hetero) is 2. The van der Waals surface area contributed by atoms with Crippen LogP contribution >= 0.6 is 0 Å². The highest BCUT2D eigenvalue weighted by Crippen LogP contribution is 2.66. The average Bonchev–Trinajstić information content (AvgIpc) is 2.83. The Hall–Kier alpha value is -2.62. The zero-order valence-corrected chi connectivity index (χ0v) is 11.5. The number of carbonyl (C=O) groups is 2. The third-order valence-electron chi connectivity index (χ3n) is 5.48. The molecular formula is C18H12O4. The van der Waals surface area contributed by atoms with Crippen LogP contribution in [0.3, 0.4) is 0 Å². The molecule has 0 spiro atoms. The van der Waals surface area contributed by atoms with Gasteiger partial charge in [-0.3, -0.25) is 9.59 Å². The van der Waals surface area contributed by atoms with E-state index in [1.807, 2.05) is 0 Å². The lowest BCUT2D eigenvalue weighted by atomic mass is 9.57. The molecule has 0 aliphatic heterocycles. The molecule has 0 unspecified atom stereocenters. The average molecular weight is 292 g/mol. The summed E-state index contributed by atoms with van der Waals surface area (Å²) in [6, 6.07) is 9.68. The standard InChI is InChI=1S/C18H12O4/c19-7-1-3-9-11(5-7)17(21)15-13(9)16-14(15)10-4-2-8(20)6-12(10)18(16)22/h1-6,13-16,19-20H. The molecule has 0 radical (unpaired) electrons. The number of aromatic hydroxyl groups is 2. The summed E-state index contributed by atoms with van der Waals surface area (Å²) in [5.74, 6) is -0.402. The minimum atomic E-state index is -0.212. The van der Waals surface area contributed by atoms with E-state index in [0.717, 1.165) is 11.1 Å². The first-order valence-electron chi connectivity index (χ1n) is 7.32. The minimum Gasteiger partial charge on any atom is -0.508 e. The maximum absolute atomic E-state index is 12.7. The van der Waals surface area contributed by atoms with Crippen LogP contribution in [0.4, 0.5) is 0 Å². The van der Waals surface area contributed by atoms with E-state index in [4.69, 9.17) is 0 Å². The van der Waals surface area contributed by atoms with Gasteiger partial charge in [0.25, 0.3) is 0 Å². The van der Waals surface area contributed by atoms with Gasteiger partial charge >= 0.3 is 0 Å². The second-order valence-electron chi connectivity index (χ2n) is 6.37. The van der Waals surface area contributed by atoms with E-state index < -0.39 is 0 Å². The quantitative estimate of drug-likeness (QED) is 0.782. The van der Waals surface area contributed by atoms with Crippen molar-refractivity contribution in [3.8, 4) is 11.5 Å². The second kappa shape index (κ2) is 3.58. The van der Waals surface area contributed by atoms with Crippen LogP contribution in [0.2, 0.25) is 0 Å². The van der Waals surface area contributed by atoms with E-state index in [1.165, 1.54) is 12.1 Å². The Morgan fingerprint density at radius 1 is 0.636 bits per heavy atom. The zero-order chi connectivity index (χ0) is 15.2. The van der Waals surface area contributed by atoms with Crippen LogP contribution in [-0.4, -0.2) is 21.8 Å². The van der Waals surface area contributed by atoms with Gasteiger partial charge in [-0.05, 0) is 35.4 Å². The van der Waals surface area contributed by atoms with Gasteiger partial charge < -0.3 is 10.2 Å². The topological polar surface area (TPSA) is 74.6 Å². The SMILES string of the molecule is O=C1c2cc(O)ccc2C2C1C1c3ccc(O)cc3C(=O)C21. The summed E-state index contributed by atoms with van der Waals surface area (Å²) in [6.07, 6.45) is 0. The van der Waals surface area contributed by atoms with Crippen LogP contribution in [-0.2, 0) is 0 Å². The van der Waals surface area contributed by atoms with E-state index in [9.17, 15) is 19.8 Å². The van der Waals surface area contributed by atoms with Gasteiger partial charge in [0.1, 0.15) is 11.5 Å². The highest BCUT2D eigenvalue weighted by molar-refractivity contribution is 6.13.